The molecule has 1 atom stereocenters. The van der Waals surface area contributed by atoms with Crippen molar-refractivity contribution in [2.45, 2.75) is 64.9 Å². The fourth-order valence-electron chi connectivity index (χ4n) is 3.86. The molecule has 1 heterocycles. The van der Waals surface area contributed by atoms with Gasteiger partial charge in [-0.1, -0.05) is 80.4 Å². The SMILES string of the molecule is C=CCc1ccc(-c2ccc(-c3cnc(/C=C/CCCC(C)OCCCCC)nc3)cc2)cc1. The maximum Gasteiger partial charge on any atom is 0.151 e. The predicted octanol–water partition coefficient (Wildman–Crippen LogP) is 8.32. The van der Waals surface area contributed by atoms with Gasteiger partial charge in [0, 0.05) is 24.6 Å². The third-order valence-corrected chi connectivity index (χ3v) is 5.96. The van der Waals surface area contributed by atoms with Crippen molar-refractivity contribution in [2.24, 2.45) is 0 Å². The first-order valence-electron chi connectivity index (χ1n) is 12.6. The summed E-state index contributed by atoms with van der Waals surface area (Å²) < 4.78 is 5.86. The largest absolute Gasteiger partial charge is 0.379 e. The summed E-state index contributed by atoms with van der Waals surface area (Å²) in [6.45, 7) is 9.08. The second-order valence-corrected chi connectivity index (χ2v) is 8.82. The van der Waals surface area contributed by atoms with E-state index in [1.807, 2.05) is 24.5 Å². The molecule has 0 radical (unpaired) electrons. The molecule has 0 bridgehead atoms. The summed E-state index contributed by atoms with van der Waals surface area (Å²) >= 11 is 0. The molecule has 3 heteroatoms. The van der Waals surface area contributed by atoms with E-state index in [0.717, 1.165) is 49.2 Å². The third kappa shape index (κ3) is 8.39. The average molecular weight is 455 g/mol. The molecule has 0 aliphatic carbocycles. The Morgan fingerprint density at radius 3 is 2.09 bits per heavy atom. The molecule has 0 N–H and O–H groups in total. The molecule has 2 aromatic carbocycles. The van der Waals surface area contributed by atoms with E-state index in [0.29, 0.717) is 6.10 Å². The Labute approximate surface area is 205 Å². The Hall–Kier alpha value is -3.04. The lowest BCUT2D eigenvalue weighted by atomic mass is 10.0. The maximum absolute atomic E-state index is 5.86. The summed E-state index contributed by atoms with van der Waals surface area (Å²) in [6.07, 6.45) is 18.0. The molecule has 0 spiro atoms. The Morgan fingerprint density at radius 1 is 0.853 bits per heavy atom. The molecule has 0 fully saturated rings. The number of allylic oxidation sites excluding steroid dienone is 2. The molecule has 0 aliphatic rings. The van der Waals surface area contributed by atoms with Crippen LogP contribution in [0.2, 0.25) is 0 Å². The van der Waals surface area contributed by atoms with Crippen LogP contribution >= 0.6 is 0 Å². The van der Waals surface area contributed by atoms with Crippen LogP contribution in [0.5, 0.6) is 0 Å². The van der Waals surface area contributed by atoms with Gasteiger partial charge in [0.15, 0.2) is 5.82 Å². The number of benzene rings is 2. The summed E-state index contributed by atoms with van der Waals surface area (Å²) in [6, 6.07) is 17.2. The molecule has 0 aliphatic heterocycles. The van der Waals surface area contributed by atoms with Crippen molar-refractivity contribution in [3.63, 3.8) is 0 Å². The normalized spacial score (nSPS) is 12.2. The highest BCUT2D eigenvalue weighted by Gasteiger charge is 2.03. The van der Waals surface area contributed by atoms with E-state index in [1.165, 1.54) is 36.0 Å². The van der Waals surface area contributed by atoms with Gasteiger partial charge in [0.2, 0.25) is 0 Å². The number of hydrogen-bond donors (Lipinski definition) is 0. The highest BCUT2D eigenvalue weighted by molar-refractivity contribution is 5.70. The lowest BCUT2D eigenvalue weighted by molar-refractivity contribution is 0.0566. The van der Waals surface area contributed by atoms with Gasteiger partial charge in [-0.3, -0.25) is 0 Å². The quantitative estimate of drug-likeness (QED) is 0.181. The van der Waals surface area contributed by atoms with E-state index in [2.05, 4.69) is 85.0 Å². The minimum absolute atomic E-state index is 0.337. The third-order valence-electron chi connectivity index (χ3n) is 5.96. The van der Waals surface area contributed by atoms with Gasteiger partial charge in [0.1, 0.15) is 0 Å². The number of unbranched alkanes of at least 4 members (excludes halogenated alkanes) is 3. The second-order valence-electron chi connectivity index (χ2n) is 8.82. The minimum Gasteiger partial charge on any atom is -0.379 e. The smallest absolute Gasteiger partial charge is 0.151 e. The van der Waals surface area contributed by atoms with Crippen molar-refractivity contribution in [1.82, 2.24) is 9.97 Å². The first-order chi connectivity index (χ1) is 16.7. The molecule has 1 unspecified atom stereocenters. The van der Waals surface area contributed by atoms with Gasteiger partial charge >= 0.3 is 0 Å². The molecule has 1 aromatic heterocycles. The van der Waals surface area contributed by atoms with Gasteiger partial charge in [0.25, 0.3) is 0 Å². The molecule has 3 rings (SSSR count). The predicted molar refractivity (Wildman–Crippen MR) is 145 cm³/mol. The van der Waals surface area contributed by atoms with Crippen molar-refractivity contribution in [1.29, 1.82) is 0 Å². The highest BCUT2D eigenvalue weighted by atomic mass is 16.5. The van der Waals surface area contributed by atoms with Gasteiger partial charge in [-0.25, -0.2) is 9.97 Å². The van der Waals surface area contributed by atoms with Crippen LogP contribution in [0, 0.1) is 0 Å². The summed E-state index contributed by atoms with van der Waals surface area (Å²) in [5, 5.41) is 0. The van der Waals surface area contributed by atoms with E-state index in [9.17, 15) is 0 Å². The summed E-state index contributed by atoms with van der Waals surface area (Å²) in [5.74, 6) is 0.754. The topological polar surface area (TPSA) is 35.0 Å². The zero-order valence-corrected chi connectivity index (χ0v) is 20.7. The lowest BCUT2D eigenvalue weighted by Crippen LogP contribution is -2.08. The van der Waals surface area contributed by atoms with E-state index in [1.54, 1.807) is 0 Å². The standard InChI is InChI=1S/C31H38N2O/c1-4-6-10-22-34-25(3)12-8-7-9-13-31-32-23-30(24-33-31)29-20-18-28(19-21-29)27-16-14-26(11-5-2)15-17-27/h5,9,13-21,23-25H,2,4,6-8,10-12,22H2,1,3H3/b13-9+. The molecule has 3 aromatic rings. The Morgan fingerprint density at radius 2 is 1.47 bits per heavy atom. The first kappa shape index (κ1) is 25.6. The van der Waals surface area contributed by atoms with Crippen LogP contribution in [0.3, 0.4) is 0 Å². The number of ether oxygens (including phenoxy) is 1. The van der Waals surface area contributed by atoms with Crippen molar-refractivity contribution < 1.29 is 4.74 Å². The molecular weight excluding hydrogens is 416 g/mol. The van der Waals surface area contributed by atoms with Crippen molar-refractivity contribution in [2.75, 3.05) is 6.61 Å². The highest BCUT2D eigenvalue weighted by Crippen LogP contribution is 2.25. The van der Waals surface area contributed by atoms with Crippen LogP contribution in [0.1, 0.15) is 63.8 Å². The molecular formula is C31H38N2O. The van der Waals surface area contributed by atoms with Crippen LogP contribution in [-0.4, -0.2) is 22.7 Å². The summed E-state index contributed by atoms with van der Waals surface area (Å²) in [5.41, 5.74) is 5.85. The summed E-state index contributed by atoms with van der Waals surface area (Å²) in [4.78, 5) is 9.05. The zero-order valence-electron chi connectivity index (χ0n) is 20.7. The Balaban J connectivity index is 1.46. The Kier molecular flexibility index (Phi) is 10.7. The van der Waals surface area contributed by atoms with Gasteiger partial charge in [-0.15, -0.1) is 6.58 Å². The van der Waals surface area contributed by atoms with Gasteiger partial charge in [-0.2, -0.15) is 0 Å². The Bertz CT molecular complexity index is 1000. The van der Waals surface area contributed by atoms with Crippen LogP contribution < -0.4 is 0 Å². The zero-order chi connectivity index (χ0) is 24.0. The van der Waals surface area contributed by atoms with Gasteiger partial charge < -0.3 is 4.74 Å². The molecule has 0 amide bonds. The maximum atomic E-state index is 5.86. The van der Waals surface area contributed by atoms with Crippen molar-refractivity contribution >= 4 is 6.08 Å². The van der Waals surface area contributed by atoms with Crippen LogP contribution in [-0.2, 0) is 11.2 Å². The lowest BCUT2D eigenvalue weighted by Gasteiger charge is -2.11. The van der Waals surface area contributed by atoms with Gasteiger partial charge in [0.05, 0.1) is 6.10 Å². The molecule has 34 heavy (non-hydrogen) atoms. The first-order valence-corrected chi connectivity index (χ1v) is 12.6. The van der Waals surface area contributed by atoms with E-state index in [-0.39, 0.29) is 0 Å². The molecule has 3 nitrogen and oxygen atoms in total. The number of hydrogen-bond acceptors (Lipinski definition) is 3. The molecule has 0 saturated heterocycles. The van der Waals surface area contributed by atoms with Crippen LogP contribution in [0.15, 0.2) is 79.7 Å². The van der Waals surface area contributed by atoms with Gasteiger partial charge in [-0.05, 0) is 67.4 Å². The van der Waals surface area contributed by atoms with E-state index in [4.69, 9.17) is 4.74 Å². The molecule has 0 saturated carbocycles. The fourth-order valence-corrected chi connectivity index (χ4v) is 3.86. The number of aromatic nitrogens is 2. The minimum atomic E-state index is 0.337. The van der Waals surface area contributed by atoms with Crippen LogP contribution in [0.4, 0.5) is 0 Å². The van der Waals surface area contributed by atoms with E-state index >= 15 is 0 Å². The van der Waals surface area contributed by atoms with Crippen molar-refractivity contribution in [3.8, 4) is 22.3 Å². The second kappa shape index (κ2) is 14.3. The van der Waals surface area contributed by atoms with E-state index < -0.39 is 0 Å². The number of rotatable bonds is 14. The van der Waals surface area contributed by atoms with Crippen molar-refractivity contribution in [3.05, 3.63) is 91.0 Å². The van der Waals surface area contributed by atoms with Crippen LogP contribution in [0.25, 0.3) is 28.3 Å². The number of nitrogens with zero attached hydrogens (tertiary/aromatic N) is 2. The molecule has 178 valence electrons. The average Bonchev–Trinajstić information content (AvgIpc) is 2.88. The summed E-state index contributed by atoms with van der Waals surface area (Å²) in [7, 11) is 0. The fraction of sp³-hybridized carbons (Fsp3) is 0.355. The monoisotopic (exact) mass is 454 g/mol.